The molecular weight excluding hydrogens is 342 g/mol. The fraction of sp³-hybridized carbons (Fsp3) is 0.400. The smallest absolute Gasteiger partial charge is 0.244 e. The average molecular weight is 363 g/mol. The van der Waals surface area contributed by atoms with Crippen molar-refractivity contribution in [3.63, 3.8) is 0 Å². The molecule has 0 N–H and O–H groups in total. The van der Waals surface area contributed by atoms with Gasteiger partial charge in [-0.15, -0.1) is 5.10 Å². The molecule has 2 unspecified atom stereocenters. The monoisotopic (exact) mass is 363 g/mol. The van der Waals surface area contributed by atoms with Gasteiger partial charge < -0.3 is 9.64 Å². The quantitative estimate of drug-likeness (QED) is 0.712. The number of rotatable bonds is 4. The molecule has 5 rings (SSSR count). The van der Waals surface area contributed by atoms with Crippen LogP contribution >= 0.6 is 0 Å². The molecule has 2 aromatic heterocycles. The molecule has 138 valence electrons. The molecule has 2 bridgehead atoms. The number of carbonyl (C=O) groups excluding carboxylic acids is 1. The van der Waals surface area contributed by atoms with E-state index in [1.807, 2.05) is 42.5 Å². The second-order valence-corrected chi connectivity index (χ2v) is 7.30. The Labute approximate surface area is 156 Å². The highest BCUT2D eigenvalue weighted by Gasteiger charge is 2.44. The Bertz CT molecular complexity index is 943. The Kier molecular flexibility index (Phi) is 3.99. The van der Waals surface area contributed by atoms with E-state index in [2.05, 4.69) is 20.2 Å². The molecule has 7 heteroatoms. The number of nitrogens with zero attached hydrogens (tertiary/aromatic N) is 5. The molecule has 1 amide bonds. The van der Waals surface area contributed by atoms with Gasteiger partial charge in [0.25, 0.3) is 0 Å². The minimum absolute atomic E-state index is 0.119. The predicted molar refractivity (Wildman–Crippen MR) is 99.1 cm³/mol. The molecule has 2 fully saturated rings. The number of pyridine rings is 1. The summed E-state index contributed by atoms with van der Waals surface area (Å²) in [6, 6.07) is 13.9. The van der Waals surface area contributed by atoms with Crippen LogP contribution in [0.3, 0.4) is 0 Å². The molecule has 2 atom stereocenters. The van der Waals surface area contributed by atoms with Gasteiger partial charge in [-0.2, -0.15) is 0 Å². The summed E-state index contributed by atoms with van der Waals surface area (Å²) in [5.74, 6) is 0.783. The number of benzene rings is 1. The number of piperidine rings is 1. The molecule has 4 heterocycles. The van der Waals surface area contributed by atoms with Crippen LogP contribution in [0.4, 0.5) is 0 Å². The first-order valence-electron chi connectivity index (χ1n) is 9.45. The van der Waals surface area contributed by atoms with E-state index in [0.29, 0.717) is 5.88 Å². The Hall–Kier alpha value is -2.96. The molecule has 1 aromatic carbocycles. The summed E-state index contributed by atoms with van der Waals surface area (Å²) >= 11 is 0. The van der Waals surface area contributed by atoms with E-state index in [4.69, 9.17) is 4.74 Å². The van der Waals surface area contributed by atoms with Gasteiger partial charge in [0, 0.05) is 37.2 Å². The molecule has 2 aliphatic rings. The fourth-order valence-corrected chi connectivity index (χ4v) is 4.46. The summed E-state index contributed by atoms with van der Waals surface area (Å²) in [5, 5.41) is 8.30. The largest absolute Gasteiger partial charge is 0.474 e. The standard InChI is InChI=1S/C20H21N5O2/c26-20(13-24-18-6-2-1-5-17(18)22-23-24)25-14-8-9-15(25)12-16(11-14)27-19-7-3-4-10-21-19/h1-7,10,14-16H,8-9,11-13H2. The van der Waals surface area contributed by atoms with Crippen molar-refractivity contribution in [2.45, 2.75) is 50.4 Å². The summed E-state index contributed by atoms with van der Waals surface area (Å²) in [6.07, 6.45) is 5.65. The van der Waals surface area contributed by atoms with Crippen LogP contribution in [0.15, 0.2) is 48.7 Å². The van der Waals surface area contributed by atoms with Gasteiger partial charge in [-0.3, -0.25) is 4.79 Å². The summed E-state index contributed by atoms with van der Waals surface area (Å²) in [7, 11) is 0. The van der Waals surface area contributed by atoms with Crippen molar-refractivity contribution in [3.8, 4) is 5.88 Å². The first-order chi connectivity index (χ1) is 13.3. The SMILES string of the molecule is O=C(Cn1nnc2ccccc21)N1C2CCC1CC(Oc1ccccn1)C2. The highest BCUT2D eigenvalue weighted by atomic mass is 16.5. The van der Waals surface area contributed by atoms with Crippen molar-refractivity contribution in [1.82, 2.24) is 24.9 Å². The molecule has 2 saturated heterocycles. The molecule has 0 spiro atoms. The van der Waals surface area contributed by atoms with Gasteiger partial charge in [0.05, 0.1) is 5.52 Å². The minimum atomic E-state index is 0.119. The Morgan fingerprint density at radius 2 is 1.85 bits per heavy atom. The van der Waals surface area contributed by atoms with Crippen LogP contribution in [-0.2, 0) is 11.3 Å². The zero-order chi connectivity index (χ0) is 18.2. The lowest BCUT2D eigenvalue weighted by Crippen LogP contribution is -2.50. The lowest BCUT2D eigenvalue weighted by atomic mass is 9.99. The number of carbonyl (C=O) groups is 1. The molecule has 2 aliphatic heterocycles. The Morgan fingerprint density at radius 3 is 2.63 bits per heavy atom. The van der Waals surface area contributed by atoms with Crippen LogP contribution < -0.4 is 4.74 Å². The first-order valence-corrected chi connectivity index (χ1v) is 9.45. The van der Waals surface area contributed by atoms with Gasteiger partial charge in [-0.05, 0) is 31.0 Å². The normalized spacial score (nSPS) is 24.3. The lowest BCUT2D eigenvalue weighted by molar-refractivity contribution is -0.137. The molecule has 27 heavy (non-hydrogen) atoms. The molecule has 0 radical (unpaired) electrons. The van der Waals surface area contributed by atoms with Gasteiger partial charge in [0.1, 0.15) is 18.2 Å². The topological polar surface area (TPSA) is 73.1 Å². The van der Waals surface area contributed by atoms with E-state index in [0.717, 1.165) is 36.7 Å². The number of aromatic nitrogens is 4. The van der Waals surface area contributed by atoms with Crippen molar-refractivity contribution >= 4 is 16.9 Å². The van der Waals surface area contributed by atoms with E-state index >= 15 is 0 Å². The maximum absolute atomic E-state index is 13.0. The maximum atomic E-state index is 13.0. The highest BCUT2D eigenvalue weighted by Crippen LogP contribution is 2.37. The zero-order valence-electron chi connectivity index (χ0n) is 14.9. The van der Waals surface area contributed by atoms with Crippen LogP contribution in [0.25, 0.3) is 11.0 Å². The summed E-state index contributed by atoms with van der Waals surface area (Å²) < 4.78 is 7.75. The number of fused-ring (bicyclic) bond motifs is 3. The highest BCUT2D eigenvalue weighted by molar-refractivity contribution is 5.80. The molecule has 7 nitrogen and oxygen atoms in total. The summed E-state index contributed by atoms with van der Waals surface area (Å²) in [6.45, 7) is 0.235. The molecular formula is C20H21N5O2. The predicted octanol–water partition coefficient (Wildman–Crippen LogP) is 2.43. The fourth-order valence-electron chi connectivity index (χ4n) is 4.46. The van der Waals surface area contributed by atoms with Gasteiger partial charge in [-0.25, -0.2) is 9.67 Å². The van der Waals surface area contributed by atoms with Gasteiger partial charge in [-0.1, -0.05) is 23.4 Å². The van der Waals surface area contributed by atoms with Crippen molar-refractivity contribution in [3.05, 3.63) is 48.7 Å². The number of hydrogen-bond acceptors (Lipinski definition) is 5. The number of para-hydroxylation sites is 1. The second-order valence-electron chi connectivity index (χ2n) is 7.30. The van der Waals surface area contributed by atoms with Crippen LogP contribution in [-0.4, -0.2) is 49.0 Å². The van der Waals surface area contributed by atoms with Gasteiger partial charge in [0.15, 0.2) is 0 Å². The lowest BCUT2D eigenvalue weighted by Gasteiger charge is -2.38. The van der Waals surface area contributed by atoms with E-state index in [1.165, 1.54) is 0 Å². The maximum Gasteiger partial charge on any atom is 0.244 e. The summed E-state index contributed by atoms with van der Waals surface area (Å²) in [5.41, 5.74) is 1.71. The number of hydrogen-bond donors (Lipinski definition) is 0. The third-order valence-corrected chi connectivity index (χ3v) is 5.61. The average Bonchev–Trinajstić information content (AvgIpc) is 3.21. The molecule has 3 aromatic rings. The second kappa shape index (κ2) is 6.64. The van der Waals surface area contributed by atoms with E-state index in [-0.39, 0.29) is 30.6 Å². The number of amides is 1. The van der Waals surface area contributed by atoms with Gasteiger partial charge in [0.2, 0.25) is 11.8 Å². The van der Waals surface area contributed by atoms with Crippen LogP contribution in [0, 0.1) is 0 Å². The summed E-state index contributed by atoms with van der Waals surface area (Å²) in [4.78, 5) is 19.3. The van der Waals surface area contributed by atoms with E-state index in [1.54, 1.807) is 10.9 Å². The van der Waals surface area contributed by atoms with Crippen molar-refractivity contribution < 1.29 is 9.53 Å². The van der Waals surface area contributed by atoms with Gasteiger partial charge >= 0.3 is 0 Å². The van der Waals surface area contributed by atoms with E-state index < -0.39 is 0 Å². The van der Waals surface area contributed by atoms with Crippen molar-refractivity contribution in [2.75, 3.05) is 0 Å². The Balaban J connectivity index is 1.28. The van der Waals surface area contributed by atoms with E-state index in [9.17, 15) is 4.79 Å². The zero-order valence-corrected chi connectivity index (χ0v) is 14.9. The van der Waals surface area contributed by atoms with Crippen LogP contribution in [0.2, 0.25) is 0 Å². The number of ether oxygens (including phenoxy) is 1. The third-order valence-electron chi connectivity index (χ3n) is 5.61. The first kappa shape index (κ1) is 16.2. The van der Waals surface area contributed by atoms with Crippen LogP contribution in [0.1, 0.15) is 25.7 Å². The van der Waals surface area contributed by atoms with Crippen molar-refractivity contribution in [2.24, 2.45) is 0 Å². The molecule has 0 saturated carbocycles. The molecule has 0 aliphatic carbocycles. The van der Waals surface area contributed by atoms with Crippen molar-refractivity contribution in [1.29, 1.82) is 0 Å². The minimum Gasteiger partial charge on any atom is -0.474 e. The van der Waals surface area contributed by atoms with Crippen LogP contribution in [0.5, 0.6) is 5.88 Å². The third kappa shape index (κ3) is 3.03. The Morgan fingerprint density at radius 1 is 1.07 bits per heavy atom.